The molecule has 0 fully saturated rings. The fourth-order valence-corrected chi connectivity index (χ4v) is 14.3. The first-order chi connectivity index (χ1) is 62.8. The molecule has 41 nitrogen and oxygen atoms in total. The number of carboxylic acid groups (broad SMARTS) is 1. The molecule has 13 unspecified atom stereocenters. The number of unbranched alkanes of at least 4 members (excludes halogenated alkanes) is 4. The van der Waals surface area contributed by atoms with Crippen LogP contribution in [0.4, 0.5) is 10.5 Å². The zero-order valence-electron chi connectivity index (χ0n) is 75.0. The maximum atomic E-state index is 14.8. The van der Waals surface area contributed by atoms with E-state index in [1.807, 2.05) is 0 Å². The summed E-state index contributed by atoms with van der Waals surface area (Å²) in [5, 5.41) is 70.6. The topological polar surface area (TPSA) is 673 Å². The van der Waals surface area contributed by atoms with Crippen LogP contribution >= 0.6 is 11.8 Å². The fourth-order valence-electron chi connectivity index (χ4n) is 13.3. The highest BCUT2D eigenvalue weighted by atomic mass is 32.2. The van der Waals surface area contributed by atoms with Crippen molar-refractivity contribution >= 4 is 118 Å². The average molecular weight is 1850 g/mol. The van der Waals surface area contributed by atoms with E-state index in [4.69, 9.17) is 33.8 Å². The summed E-state index contributed by atoms with van der Waals surface area (Å²) in [7, 11) is 0. The van der Waals surface area contributed by atoms with Gasteiger partial charge in [-0.2, -0.15) is 11.8 Å². The molecule has 42 heteroatoms. The van der Waals surface area contributed by atoms with Crippen molar-refractivity contribution in [1.29, 1.82) is 0 Å². The van der Waals surface area contributed by atoms with Crippen LogP contribution in [0.3, 0.4) is 0 Å². The number of carboxylic acids is 1. The predicted octanol–water partition coefficient (Wildman–Crippen LogP) is -2.61. The predicted molar refractivity (Wildman–Crippen MR) is 491 cm³/mol. The van der Waals surface area contributed by atoms with Crippen molar-refractivity contribution in [3.8, 4) is 0 Å². The second-order valence-corrected chi connectivity index (χ2v) is 32.9. The van der Waals surface area contributed by atoms with Gasteiger partial charge in [-0.3, -0.25) is 76.7 Å². The van der Waals surface area contributed by atoms with E-state index in [-0.39, 0.29) is 109 Å². The van der Waals surface area contributed by atoms with Gasteiger partial charge in [0, 0.05) is 43.7 Å². The third-order valence-corrected chi connectivity index (χ3v) is 22.4. The molecule has 0 aliphatic heterocycles. The van der Waals surface area contributed by atoms with E-state index in [1.54, 1.807) is 143 Å². The zero-order valence-corrected chi connectivity index (χ0v) is 75.8. The summed E-state index contributed by atoms with van der Waals surface area (Å²) in [6.45, 7) is 3.71. The number of benzene rings is 4. The highest BCUT2D eigenvalue weighted by molar-refractivity contribution is 7.99. The molecule has 29 N–H and O–H groups in total. The second-order valence-electron chi connectivity index (χ2n) is 31.8. The van der Waals surface area contributed by atoms with Crippen molar-refractivity contribution in [2.24, 2.45) is 40.5 Å². The van der Waals surface area contributed by atoms with E-state index in [2.05, 4.69) is 85.1 Å². The number of primary amides is 1. The third kappa shape index (κ3) is 44.3. The molecule has 13 atom stereocenters. The largest absolute Gasteiger partial charge is 0.480 e. The molecule has 4 aromatic carbocycles. The standard InChI is InChI=1S/C89H135N21O20S/c1-5-55(3)76(87(128)98-50-74(116)103-67(45-57-25-11-7-12-26-57)80(121)97-49-73(115)101-63(31-18-20-40-90)79(120)99-51-75(117)118)110-88(129)77(56(4)6-2)109-86(127)70(53-112)108-83(124)65(32-19-21-41-91)104-82(123)66(33-23-42-92)105-84(125)69(47-59-29-15-9-16-30-59)107-85(126)68(46-58-27-13-8-14-28-58)106-78(119)62(93)54-131-44-22-10-17-35-71(113)96-48-72(114)102-64(34-24-43-95-89(94)130)81(122)100-61-38-36-60(52-111)37-39-61/h7-9,11-16,25-30,36-39,55-56,62-70,76-77,111-112H,5-6,10,17-24,31-35,40-54,90-93H2,1-4H3,(H,96,113)(H,97,121)(H,98,128)(H,99,120)(H,100,122)(H,101,115)(H,102,114)(H,103,116)(H,104,123)(H,105,125)(H,106,119)(H,107,126)(H,108,124)(H,109,127)(H,110,129)(H,117,118)(H3,94,95,130). The lowest BCUT2D eigenvalue weighted by atomic mass is 9.94. The van der Waals surface area contributed by atoms with E-state index in [1.165, 1.54) is 11.8 Å². The number of aliphatic carboxylic acids is 1. The van der Waals surface area contributed by atoms with Crippen molar-refractivity contribution < 1.29 is 96.8 Å². The molecule has 4 aromatic rings. The molecule has 131 heavy (non-hydrogen) atoms. The van der Waals surface area contributed by atoms with Gasteiger partial charge in [0.25, 0.3) is 0 Å². The Hall–Kier alpha value is -12.2. The van der Waals surface area contributed by atoms with E-state index >= 15 is 0 Å². The quantitative estimate of drug-likeness (QED) is 0.0201. The van der Waals surface area contributed by atoms with Crippen LogP contribution in [0.2, 0.25) is 0 Å². The summed E-state index contributed by atoms with van der Waals surface area (Å²) in [5.74, 6) is -13.6. The lowest BCUT2D eigenvalue weighted by Crippen LogP contribution is -2.62. The number of urea groups is 1. The van der Waals surface area contributed by atoms with Crippen molar-refractivity contribution in [2.45, 2.75) is 223 Å². The summed E-state index contributed by atoms with van der Waals surface area (Å²) in [6, 6.07) is 16.9. The van der Waals surface area contributed by atoms with Gasteiger partial charge in [0.05, 0.1) is 38.9 Å². The van der Waals surface area contributed by atoms with Crippen molar-refractivity contribution in [2.75, 3.05) is 75.8 Å². The van der Waals surface area contributed by atoms with Gasteiger partial charge >= 0.3 is 12.0 Å². The minimum Gasteiger partial charge on any atom is -0.480 e. The van der Waals surface area contributed by atoms with Gasteiger partial charge in [-0.05, 0) is 149 Å². The molecule has 0 saturated carbocycles. The SMILES string of the molecule is CCC(C)C(NC(=O)C(CO)NC(=O)C(CCCCN)NC(=O)C(CCCN)NC(=O)C(Cc1ccccc1)NC(=O)C(Cc1ccccc1)NC(=O)C(N)CSCCCCCC(=O)NCC(=O)NC(CCCNC(N)=O)C(=O)Nc1ccc(CO)cc1)C(=O)NC(C(=O)NCC(=O)NC(Cc1ccccc1)C(=O)NCC(=O)NC(CCCCN)C(=O)NCC(=O)O)C(C)CC. The van der Waals surface area contributed by atoms with Crippen LogP contribution in [0.15, 0.2) is 115 Å². The maximum Gasteiger partial charge on any atom is 0.322 e. The van der Waals surface area contributed by atoms with E-state index in [0.717, 1.165) is 0 Å². The van der Waals surface area contributed by atoms with Crippen molar-refractivity contribution in [1.82, 2.24) is 79.8 Å². The van der Waals surface area contributed by atoms with E-state index < -0.39 is 212 Å². The van der Waals surface area contributed by atoms with Crippen LogP contribution in [0.1, 0.15) is 153 Å². The lowest BCUT2D eigenvalue weighted by Gasteiger charge is -2.30. The van der Waals surface area contributed by atoms with Crippen LogP contribution in [0, 0.1) is 11.8 Å². The second kappa shape index (κ2) is 62.9. The molecular formula is C89H135N21O20S. The smallest absolute Gasteiger partial charge is 0.322 e. The van der Waals surface area contributed by atoms with Crippen LogP contribution < -0.4 is 114 Å². The number of rotatable bonds is 65. The highest BCUT2D eigenvalue weighted by Crippen LogP contribution is 2.18. The molecule has 0 saturated heterocycles. The number of anilines is 1. The van der Waals surface area contributed by atoms with Crippen molar-refractivity contribution in [3.63, 3.8) is 0 Å². The molecule has 0 radical (unpaired) electrons. The molecule has 0 heterocycles. The minimum absolute atomic E-state index is 0.0462. The first-order valence-electron chi connectivity index (χ1n) is 44.3. The molecule has 722 valence electrons. The number of nitrogens with two attached hydrogens (primary N) is 5. The van der Waals surface area contributed by atoms with E-state index in [0.29, 0.717) is 85.2 Å². The monoisotopic (exact) mass is 1850 g/mol. The number of amides is 17. The van der Waals surface area contributed by atoms with Gasteiger partial charge < -0.3 is 129 Å². The molecule has 0 bridgehead atoms. The first kappa shape index (κ1) is 111. The Morgan fingerprint density at radius 2 is 0.748 bits per heavy atom. The Labute approximate surface area is 767 Å². The summed E-state index contributed by atoms with van der Waals surface area (Å²) in [4.78, 5) is 230. The average Bonchev–Trinajstić information content (AvgIpc) is 0.845. The zero-order chi connectivity index (χ0) is 96.6. The summed E-state index contributed by atoms with van der Waals surface area (Å²) >= 11 is 1.37. The van der Waals surface area contributed by atoms with Gasteiger partial charge in [0.1, 0.15) is 67.0 Å². The number of aliphatic hydroxyl groups excluding tert-OH is 2. The Balaban J connectivity index is 1.42. The van der Waals surface area contributed by atoms with Gasteiger partial charge in [-0.15, -0.1) is 0 Å². The normalized spacial score (nSPS) is 14.0. The minimum atomic E-state index is -1.76. The molecular weight excluding hydrogens is 1720 g/mol. The summed E-state index contributed by atoms with van der Waals surface area (Å²) in [5.41, 5.74) is 31.9. The first-order valence-corrected chi connectivity index (χ1v) is 45.4. The number of nitrogens with one attached hydrogen (secondary N) is 16. The number of thioether (sulfide) groups is 1. The Bertz CT molecular complexity index is 4280. The van der Waals surface area contributed by atoms with Gasteiger partial charge in [0.15, 0.2) is 0 Å². The number of aliphatic hydroxyl groups is 2. The lowest BCUT2D eigenvalue weighted by molar-refractivity contribution is -0.138. The van der Waals surface area contributed by atoms with Gasteiger partial charge in [-0.25, -0.2) is 4.79 Å². The molecule has 0 aliphatic rings. The van der Waals surface area contributed by atoms with Crippen LogP contribution in [0.25, 0.3) is 0 Å². The number of hydrogen-bond donors (Lipinski definition) is 24. The van der Waals surface area contributed by atoms with Gasteiger partial charge in [-0.1, -0.05) is 150 Å². The highest BCUT2D eigenvalue weighted by Gasteiger charge is 2.38. The van der Waals surface area contributed by atoms with Crippen LogP contribution in [-0.2, 0) is 103 Å². The Morgan fingerprint density at radius 1 is 0.359 bits per heavy atom. The fraction of sp³-hybridized carbons (Fsp3) is 0.539. The Morgan fingerprint density at radius 3 is 1.22 bits per heavy atom. The van der Waals surface area contributed by atoms with Gasteiger partial charge in [0.2, 0.25) is 88.6 Å². The summed E-state index contributed by atoms with van der Waals surface area (Å²) < 4.78 is 0. The molecule has 0 aromatic heterocycles. The molecule has 0 aliphatic carbocycles. The Kier molecular flexibility index (Phi) is 53.4. The van der Waals surface area contributed by atoms with Crippen LogP contribution in [-0.4, -0.2) is 253 Å². The number of carbonyl (C=O) groups excluding carboxylic acids is 16. The van der Waals surface area contributed by atoms with Crippen LogP contribution in [0.5, 0.6) is 0 Å². The maximum absolute atomic E-state index is 14.8. The number of carbonyl (C=O) groups is 17. The molecule has 0 spiro atoms. The summed E-state index contributed by atoms with van der Waals surface area (Å²) in [6.07, 6.45) is 4.16. The molecule has 4 rings (SSSR count). The third-order valence-electron chi connectivity index (χ3n) is 21.2. The number of hydrogen-bond acceptors (Lipinski definition) is 24. The molecule has 17 amide bonds. The van der Waals surface area contributed by atoms with E-state index in [9.17, 15) is 91.7 Å². The van der Waals surface area contributed by atoms with Crippen molar-refractivity contribution in [3.05, 3.63) is 138 Å².